The third-order valence-electron chi connectivity index (χ3n) is 2.97. The van der Waals surface area contributed by atoms with E-state index in [9.17, 15) is 0 Å². The molecule has 1 heterocycles. The SMILES string of the molecule is CCCNC(c1nccnc1OC)C(C)(C)OCC. The topological polar surface area (TPSA) is 56.3 Å². The Labute approximate surface area is 115 Å². The molecule has 0 bridgehead atoms. The first-order valence-electron chi connectivity index (χ1n) is 6.79. The second-order valence-electron chi connectivity index (χ2n) is 4.87. The van der Waals surface area contributed by atoms with Crippen molar-refractivity contribution in [3.05, 3.63) is 18.1 Å². The van der Waals surface area contributed by atoms with E-state index in [-0.39, 0.29) is 11.6 Å². The summed E-state index contributed by atoms with van der Waals surface area (Å²) in [7, 11) is 1.61. The van der Waals surface area contributed by atoms with Gasteiger partial charge in [-0.25, -0.2) is 4.98 Å². The van der Waals surface area contributed by atoms with Crippen molar-refractivity contribution in [1.82, 2.24) is 15.3 Å². The van der Waals surface area contributed by atoms with Crippen molar-refractivity contribution in [3.8, 4) is 5.88 Å². The Morgan fingerprint density at radius 1 is 1.26 bits per heavy atom. The molecule has 0 fully saturated rings. The molecule has 5 heteroatoms. The zero-order valence-corrected chi connectivity index (χ0v) is 12.6. The van der Waals surface area contributed by atoms with Gasteiger partial charge in [-0.05, 0) is 33.7 Å². The Kier molecular flexibility index (Phi) is 6.18. The van der Waals surface area contributed by atoms with Crippen LogP contribution in [-0.2, 0) is 4.74 Å². The fourth-order valence-corrected chi connectivity index (χ4v) is 2.11. The normalized spacial score (nSPS) is 13.3. The molecule has 1 unspecified atom stereocenters. The molecule has 0 amide bonds. The highest BCUT2D eigenvalue weighted by Crippen LogP contribution is 2.31. The van der Waals surface area contributed by atoms with E-state index in [1.165, 1.54) is 0 Å². The molecule has 5 nitrogen and oxygen atoms in total. The highest BCUT2D eigenvalue weighted by Gasteiger charge is 2.34. The summed E-state index contributed by atoms with van der Waals surface area (Å²) in [6, 6.07) is -0.0592. The highest BCUT2D eigenvalue weighted by atomic mass is 16.5. The van der Waals surface area contributed by atoms with E-state index in [0.29, 0.717) is 12.5 Å². The van der Waals surface area contributed by atoms with Crippen LogP contribution in [0.15, 0.2) is 12.4 Å². The molecule has 19 heavy (non-hydrogen) atoms. The van der Waals surface area contributed by atoms with Gasteiger partial charge in [-0.15, -0.1) is 0 Å². The third kappa shape index (κ3) is 4.14. The average Bonchev–Trinajstić information content (AvgIpc) is 2.39. The summed E-state index contributed by atoms with van der Waals surface area (Å²) in [5, 5.41) is 3.48. The van der Waals surface area contributed by atoms with Gasteiger partial charge in [0.05, 0.1) is 18.8 Å². The predicted octanol–water partition coefficient (Wildman–Crippen LogP) is 2.34. The molecule has 1 N–H and O–H groups in total. The lowest BCUT2D eigenvalue weighted by Gasteiger charge is -2.34. The first-order chi connectivity index (χ1) is 9.06. The lowest BCUT2D eigenvalue weighted by Crippen LogP contribution is -2.42. The summed E-state index contributed by atoms with van der Waals surface area (Å²) in [6.45, 7) is 9.77. The van der Waals surface area contributed by atoms with E-state index >= 15 is 0 Å². The van der Waals surface area contributed by atoms with Crippen LogP contribution in [0.3, 0.4) is 0 Å². The maximum absolute atomic E-state index is 5.86. The minimum absolute atomic E-state index is 0.0592. The van der Waals surface area contributed by atoms with Gasteiger partial charge in [-0.1, -0.05) is 6.92 Å². The van der Waals surface area contributed by atoms with Crippen LogP contribution in [0.5, 0.6) is 5.88 Å². The van der Waals surface area contributed by atoms with Gasteiger partial charge in [0.15, 0.2) is 0 Å². The number of aromatic nitrogens is 2. The molecule has 1 aromatic rings. The van der Waals surface area contributed by atoms with Gasteiger partial charge in [0.2, 0.25) is 5.88 Å². The Bertz CT molecular complexity index is 383. The summed E-state index contributed by atoms with van der Waals surface area (Å²) >= 11 is 0. The monoisotopic (exact) mass is 267 g/mol. The van der Waals surface area contributed by atoms with E-state index in [1.54, 1.807) is 19.5 Å². The molecule has 0 aliphatic heterocycles. The minimum atomic E-state index is -0.382. The Morgan fingerprint density at radius 3 is 2.53 bits per heavy atom. The maximum Gasteiger partial charge on any atom is 0.237 e. The van der Waals surface area contributed by atoms with Crippen molar-refractivity contribution in [2.75, 3.05) is 20.3 Å². The van der Waals surface area contributed by atoms with Crippen molar-refractivity contribution in [2.45, 2.75) is 45.8 Å². The quantitative estimate of drug-likeness (QED) is 0.783. The van der Waals surface area contributed by atoms with Gasteiger partial charge < -0.3 is 14.8 Å². The molecule has 0 aromatic carbocycles. The van der Waals surface area contributed by atoms with Crippen LogP contribution in [-0.4, -0.2) is 35.8 Å². The van der Waals surface area contributed by atoms with Crippen molar-refractivity contribution >= 4 is 0 Å². The molecule has 0 saturated carbocycles. The molecule has 0 aliphatic carbocycles. The largest absolute Gasteiger partial charge is 0.480 e. The maximum atomic E-state index is 5.86. The zero-order valence-electron chi connectivity index (χ0n) is 12.6. The van der Waals surface area contributed by atoms with Gasteiger partial charge in [0.25, 0.3) is 0 Å². The van der Waals surface area contributed by atoms with Gasteiger partial charge in [-0.3, -0.25) is 4.98 Å². The molecule has 1 atom stereocenters. The first-order valence-corrected chi connectivity index (χ1v) is 6.79. The summed E-state index contributed by atoms with van der Waals surface area (Å²) in [6.07, 6.45) is 4.36. The Hall–Kier alpha value is -1.20. The number of ether oxygens (including phenoxy) is 2. The van der Waals surface area contributed by atoms with Crippen LogP contribution in [0, 0.1) is 0 Å². The summed E-state index contributed by atoms with van der Waals surface area (Å²) in [5.41, 5.74) is 0.407. The second kappa shape index (κ2) is 7.40. The molecule has 108 valence electrons. The molecule has 0 spiro atoms. The van der Waals surface area contributed by atoms with E-state index in [1.807, 2.05) is 6.92 Å². The van der Waals surface area contributed by atoms with Crippen molar-refractivity contribution in [1.29, 1.82) is 0 Å². The number of nitrogens with zero attached hydrogens (tertiary/aromatic N) is 2. The lowest BCUT2D eigenvalue weighted by molar-refractivity contribution is -0.0408. The fourth-order valence-electron chi connectivity index (χ4n) is 2.11. The Balaban J connectivity index is 3.08. The van der Waals surface area contributed by atoms with E-state index in [2.05, 4.69) is 36.1 Å². The van der Waals surface area contributed by atoms with Crippen LogP contribution in [0.25, 0.3) is 0 Å². The first kappa shape index (κ1) is 15.9. The van der Waals surface area contributed by atoms with E-state index in [0.717, 1.165) is 18.7 Å². The van der Waals surface area contributed by atoms with Crippen LogP contribution in [0.2, 0.25) is 0 Å². The van der Waals surface area contributed by atoms with Crippen LogP contribution in [0.1, 0.15) is 45.9 Å². The average molecular weight is 267 g/mol. The summed E-state index contributed by atoms with van der Waals surface area (Å²) in [4.78, 5) is 8.64. The molecule has 0 aliphatic rings. The summed E-state index contributed by atoms with van der Waals surface area (Å²) < 4.78 is 11.2. The van der Waals surface area contributed by atoms with E-state index in [4.69, 9.17) is 9.47 Å². The van der Waals surface area contributed by atoms with Gasteiger partial charge in [0, 0.05) is 19.0 Å². The molecule has 0 radical (unpaired) electrons. The highest BCUT2D eigenvalue weighted by molar-refractivity contribution is 5.23. The van der Waals surface area contributed by atoms with Crippen molar-refractivity contribution < 1.29 is 9.47 Å². The molecular formula is C14H25N3O2. The smallest absolute Gasteiger partial charge is 0.237 e. The Morgan fingerprint density at radius 2 is 1.95 bits per heavy atom. The lowest BCUT2D eigenvalue weighted by atomic mass is 9.95. The minimum Gasteiger partial charge on any atom is -0.480 e. The number of nitrogens with one attached hydrogen (secondary N) is 1. The summed E-state index contributed by atoms with van der Waals surface area (Å²) in [5.74, 6) is 0.545. The fraction of sp³-hybridized carbons (Fsp3) is 0.714. The molecule has 1 aromatic heterocycles. The number of hydrogen-bond donors (Lipinski definition) is 1. The van der Waals surface area contributed by atoms with Crippen LogP contribution >= 0.6 is 0 Å². The number of hydrogen-bond acceptors (Lipinski definition) is 5. The molecule has 1 rings (SSSR count). The van der Waals surface area contributed by atoms with Gasteiger partial charge in [-0.2, -0.15) is 0 Å². The van der Waals surface area contributed by atoms with Crippen LogP contribution < -0.4 is 10.1 Å². The van der Waals surface area contributed by atoms with Gasteiger partial charge in [0.1, 0.15) is 5.69 Å². The van der Waals surface area contributed by atoms with E-state index < -0.39 is 0 Å². The second-order valence-corrected chi connectivity index (χ2v) is 4.87. The van der Waals surface area contributed by atoms with Crippen LogP contribution in [0.4, 0.5) is 0 Å². The molecule has 0 saturated heterocycles. The zero-order chi connectivity index (χ0) is 14.3. The van der Waals surface area contributed by atoms with Gasteiger partial charge >= 0.3 is 0 Å². The predicted molar refractivity (Wildman–Crippen MR) is 75.3 cm³/mol. The number of rotatable bonds is 8. The molecular weight excluding hydrogens is 242 g/mol. The van der Waals surface area contributed by atoms with Crippen molar-refractivity contribution in [3.63, 3.8) is 0 Å². The third-order valence-corrected chi connectivity index (χ3v) is 2.97. The number of methoxy groups -OCH3 is 1. The van der Waals surface area contributed by atoms with Crippen molar-refractivity contribution in [2.24, 2.45) is 0 Å². The standard InChI is InChI=1S/C14H25N3O2/c1-6-8-16-12(14(3,4)19-7-2)11-13(18-5)17-10-9-15-11/h9-10,12,16H,6-8H2,1-5H3.